The minimum Gasteiger partial charge on any atom is -0.478 e. The standard InChI is InChI=1S/C12H10N2O2S2/c15-12(16)2-1-9-5-10(17-7-9)8-18-11-6-13-3-4-14-11/h1-7H,8H2,(H,15,16). The van der Waals surface area contributed by atoms with Gasteiger partial charge in [-0.05, 0) is 23.1 Å². The number of nitrogens with zero attached hydrogens (tertiary/aromatic N) is 2. The van der Waals surface area contributed by atoms with Crippen LogP contribution in [0.3, 0.4) is 0 Å². The lowest BCUT2D eigenvalue weighted by Gasteiger charge is -1.96. The first-order valence-electron chi connectivity index (χ1n) is 5.11. The largest absolute Gasteiger partial charge is 0.478 e. The van der Waals surface area contributed by atoms with Crippen LogP contribution in [0.4, 0.5) is 0 Å². The van der Waals surface area contributed by atoms with Gasteiger partial charge in [-0.2, -0.15) is 0 Å². The molecule has 0 bridgehead atoms. The van der Waals surface area contributed by atoms with Gasteiger partial charge in [0.05, 0.1) is 6.20 Å². The van der Waals surface area contributed by atoms with Crippen LogP contribution in [0.15, 0.2) is 41.1 Å². The first-order valence-corrected chi connectivity index (χ1v) is 6.98. The van der Waals surface area contributed by atoms with Crippen molar-refractivity contribution in [3.05, 3.63) is 46.6 Å². The van der Waals surface area contributed by atoms with Gasteiger partial charge in [0.1, 0.15) is 5.03 Å². The average Bonchev–Trinajstić information content (AvgIpc) is 2.83. The Balaban J connectivity index is 1.93. The van der Waals surface area contributed by atoms with E-state index in [1.807, 2.05) is 11.4 Å². The normalized spacial score (nSPS) is 10.9. The fraction of sp³-hybridized carbons (Fsp3) is 0.0833. The molecule has 0 aliphatic rings. The van der Waals surface area contributed by atoms with E-state index in [9.17, 15) is 4.79 Å². The van der Waals surface area contributed by atoms with E-state index < -0.39 is 5.97 Å². The van der Waals surface area contributed by atoms with Crippen molar-refractivity contribution in [1.29, 1.82) is 0 Å². The number of carboxylic acid groups (broad SMARTS) is 1. The van der Waals surface area contributed by atoms with Gasteiger partial charge in [0, 0.05) is 29.1 Å². The molecule has 0 amide bonds. The molecule has 0 spiro atoms. The zero-order chi connectivity index (χ0) is 12.8. The zero-order valence-electron chi connectivity index (χ0n) is 9.31. The molecule has 0 atom stereocenters. The molecule has 2 aromatic rings. The summed E-state index contributed by atoms with van der Waals surface area (Å²) < 4.78 is 0. The summed E-state index contributed by atoms with van der Waals surface area (Å²) in [6, 6.07) is 1.98. The maximum Gasteiger partial charge on any atom is 0.328 e. The molecule has 6 heteroatoms. The molecule has 0 saturated heterocycles. The molecule has 0 unspecified atom stereocenters. The highest BCUT2D eigenvalue weighted by atomic mass is 32.2. The van der Waals surface area contributed by atoms with Crippen LogP contribution < -0.4 is 0 Å². The minimum absolute atomic E-state index is 0.810. The molecule has 2 heterocycles. The monoisotopic (exact) mass is 278 g/mol. The number of thioether (sulfide) groups is 1. The minimum atomic E-state index is -0.934. The predicted molar refractivity (Wildman–Crippen MR) is 72.6 cm³/mol. The van der Waals surface area contributed by atoms with E-state index in [2.05, 4.69) is 9.97 Å². The summed E-state index contributed by atoms with van der Waals surface area (Å²) in [5.74, 6) is -0.124. The van der Waals surface area contributed by atoms with Gasteiger partial charge in [-0.15, -0.1) is 11.3 Å². The summed E-state index contributed by atoms with van der Waals surface area (Å²) in [5.41, 5.74) is 0.914. The van der Waals surface area contributed by atoms with Gasteiger partial charge < -0.3 is 5.11 Å². The first kappa shape index (κ1) is 12.8. The van der Waals surface area contributed by atoms with Crippen molar-refractivity contribution in [2.24, 2.45) is 0 Å². The van der Waals surface area contributed by atoms with Gasteiger partial charge >= 0.3 is 5.97 Å². The molecule has 0 aliphatic heterocycles. The van der Waals surface area contributed by atoms with Crippen LogP contribution in [-0.4, -0.2) is 21.0 Å². The van der Waals surface area contributed by atoms with Gasteiger partial charge in [0.25, 0.3) is 0 Å². The molecule has 1 N–H and O–H groups in total. The topological polar surface area (TPSA) is 63.1 Å². The molecular weight excluding hydrogens is 268 g/mol. The molecule has 0 aromatic carbocycles. The fourth-order valence-electron chi connectivity index (χ4n) is 1.23. The Morgan fingerprint density at radius 2 is 2.39 bits per heavy atom. The van der Waals surface area contributed by atoms with Gasteiger partial charge in [-0.3, -0.25) is 4.98 Å². The molecule has 0 radical (unpaired) electrons. The van der Waals surface area contributed by atoms with Gasteiger partial charge in [0.2, 0.25) is 0 Å². The lowest BCUT2D eigenvalue weighted by Crippen LogP contribution is -1.84. The van der Waals surface area contributed by atoms with Crippen LogP contribution in [0.1, 0.15) is 10.4 Å². The molecule has 4 nitrogen and oxygen atoms in total. The van der Waals surface area contributed by atoms with E-state index in [0.717, 1.165) is 22.4 Å². The number of aromatic nitrogens is 2. The number of carboxylic acids is 1. The maximum atomic E-state index is 10.4. The van der Waals surface area contributed by atoms with Gasteiger partial charge in [-0.25, -0.2) is 9.78 Å². The Hall–Kier alpha value is -1.66. The zero-order valence-corrected chi connectivity index (χ0v) is 10.9. The highest BCUT2D eigenvalue weighted by molar-refractivity contribution is 7.98. The van der Waals surface area contributed by atoms with Crippen LogP contribution in [-0.2, 0) is 10.5 Å². The van der Waals surface area contributed by atoms with Crippen LogP contribution >= 0.6 is 23.1 Å². The van der Waals surface area contributed by atoms with E-state index in [4.69, 9.17) is 5.11 Å². The van der Waals surface area contributed by atoms with Crippen molar-refractivity contribution in [3.63, 3.8) is 0 Å². The Kier molecular flexibility index (Phi) is 4.49. The second kappa shape index (κ2) is 6.32. The first-order chi connectivity index (χ1) is 8.74. The third-order valence-corrected chi connectivity index (χ3v) is 4.09. The highest BCUT2D eigenvalue weighted by Crippen LogP contribution is 2.24. The lowest BCUT2D eigenvalue weighted by atomic mass is 10.3. The smallest absolute Gasteiger partial charge is 0.328 e. The summed E-state index contributed by atoms with van der Waals surface area (Å²) in [7, 11) is 0. The highest BCUT2D eigenvalue weighted by Gasteiger charge is 2.00. The summed E-state index contributed by atoms with van der Waals surface area (Å²) in [6.45, 7) is 0. The summed E-state index contributed by atoms with van der Waals surface area (Å²) in [5, 5.41) is 11.4. The van der Waals surface area contributed by atoms with E-state index in [0.29, 0.717) is 0 Å². The molecule has 0 saturated carbocycles. The van der Waals surface area contributed by atoms with Gasteiger partial charge in [-0.1, -0.05) is 11.8 Å². The predicted octanol–water partition coefficient (Wildman–Crippen LogP) is 2.93. The van der Waals surface area contributed by atoms with E-state index in [1.54, 1.807) is 47.8 Å². The summed E-state index contributed by atoms with van der Waals surface area (Å²) in [4.78, 5) is 19.7. The van der Waals surface area contributed by atoms with Crippen molar-refractivity contribution < 1.29 is 9.90 Å². The fourth-order valence-corrected chi connectivity index (χ4v) is 2.96. The number of hydrogen-bond acceptors (Lipinski definition) is 5. The number of hydrogen-bond donors (Lipinski definition) is 1. The van der Waals surface area contributed by atoms with Crippen molar-refractivity contribution in [3.8, 4) is 0 Å². The van der Waals surface area contributed by atoms with Gasteiger partial charge in [0.15, 0.2) is 0 Å². The molecule has 2 rings (SSSR count). The third kappa shape index (κ3) is 3.97. The third-order valence-electron chi connectivity index (χ3n) is 1.99. The molecular formula is C12H10N2O2S2. The molecule has 18 heavy (non-hydrogen) atoms. The second-order valence-corrected chi connectivity index (χ2v) is 5.34. The van der Waals surface area contributed by atoms with Crippen LogP contribution in [0.2, 0.25) is 0 Å². The summed E-state index contributed by atoms with van der Waals surface area (Å²) >= 11 is 3.21. The van der Waals surface area contributed by atoms with Crippen molar-refractivity contribution >= 4 is 35.1 Å². The maximum absolute atomic E-state index is 10.4. The molecule has 0 aliphatic carbocycles. The van der Waals surface area contributed by atoms with E-state index in [-0.39, 0.29) is 0 Å². The average molecular weight is 278 g/mol. The lowest BCUT2D eigenvalue weighted by molar-refractivity contribution is -0.131. The van der Waals surface area contributed by atoms with Crippen LogP contribution in [0, 0.1) is 0 Å². The van der Waals surface area contributed by atoms with E-state index >= 15 is 0 Å². The number of aliphatic carboxylic acids is 1. The number of carbonyl (C=O) groups is 1. The Morgan fingerprint density at radius 1 is 1.50 bits per heavy atom. The Bertz CT molecular complexity index is 552. The second-order valence-electron chi connectivity index (χ2n) is 3.35. The molecule has 2 aromatic heterocycles. The summed E-state index contributed by atoms with van der Waals surface area (Å²) in [6.07, 6.45) is 7.77. The van der Waals surface area contributed by atoms with Crippen LogP contribution in [0.5, 0.6) is 0 Å². The molecule has 92 valence electrons. The van der Waals surface area contributed by atoms with Crippen molar-refractivity contribution in [2.45, 2.75) is 10.8 Å². The Morgan fingerprint density at radius 3 is 3.11 bits per heavy atom. The van der Waals surface area contributed by atoms with Crippen molar-refractivity contribution in [1.82, 2.24) is 9.97 Å². The van der Waals surface area contributed by atoms with E-state index in [1.165, 1.54) is 4.88 Å². The number of rotatable bonds is 5. The number of thiophene rings is 1. The quantitative estimate of drug-likeness (QED) is 0.673. The molecule has 0 fully saturated rings. The van der Waals surface area contributed by atoms with Crippen molar-refractivity contribution in [2.75, 3.05) is 0 Å². The Labute approximate surface area is 112 Å². The van der Waals surface area contributed by atoms with Crippen LogP contribution in [0.25, 0.3) is 6.08 Å². The SMILES string of the molecule is O=C(O)C=Cc1csc(CSc2cnccn2)c1.